The molecule has 0 aromatic heterocycles. The zero-order valence-corrected chi connectivity index (χ0v) is 14.0. The summed E-state index contributed by atoms with van der Waals surface area (Å²) in [6, 6.07) is 25.7. The van der Waals surface area contributed by atoms with E-state index in [0.717, 1.165) is 16.7 Å². The molecule has 0 fully saturated rings. The summed E-state index contributed by atoms with van der Waals surface area (Å²) in [4.78, 5) is 34.0. The van der Waals surface area contributed by atoms with Crippen molar-refractivity contribution in [2.75, 3.05) is 0 Å². The normalized spacial score (nSPS) is 12.0. The van der Waals surface area contributed by atoms with E-state index >= 15 is 0 Å². The van der Waals surface area contributed by atoms with Crippen LogP contribution in [0.4, 0.5) is 0 Å². The molecule has 0 aliphatic heterocycles. The minimum absolute atomic E-state index is 0.0752. The molecular formula is C23H16O3. The highest BCUT2D eigenvalue weighted by Crippen LogP contribution is 2.16. The highest BCUT2D eigenvalue weighted by atomic mass is 16.2. The molecule has 3 aromatic rings. The summed E-state index contributed by atoms with van der Waals surface area (Å²) in [5.41, 5.74) is 2.80. The zero-order valence-electron chi connectivity index (χ0n) is 14.0. The number of carbonyl (C=O) groups is 3. The van der Waals surface area contributed by atoms with Gasteiger partial charge in [-0.25, -0.2) is 0 Å². The van der Waals surface area contributed by atoms with E-state index in [1.165, 1.54) is 6.08 Å². The summed E-state index contributed by atoms with van der Waals surface area (Å²) in [6.07, 6.45) is 2.98. The van der Waals surface area contributed by atoms with Crippen LogP contribution in [0.15, 0.2) is 91.0 Å². The van der Waals surface area contributed by atoms with Crippen LogP contribution >= 0.6 is 0 Å². The quantitative estimate of drug-likeness (QED) is 0.514. The molecule has 0 saturated heterocycles. The van der Waals surface area contributed by atoms with Crippen LogP contribution < -0.4 is 0 Å². The summed E-state index contributed by atoms with van der Waals surface area (Å²) >= 11 is 0. The van der Waals surface area contributed by atoms with Gasteiger partial charge >= 0.3 is 0 Å². The minimum atomic E-state index is -0.436. The van der Waals surface area contributed by atoms with Crippen molar-refractivity contribution < 1.29 is 14.4 Å². The fourth-order valence-electron chi connectivity index (χ4n) is 2.57. The van der Waals surface area contributed by atoms with E-state index in [1.807, 2.05) is 72.8 Å². The summed E-state index contributed by atoms with van der Waals surface area (Å²) in [5.74, 6) is -0.770. The van der Waals surface area contributed by atoms with Gasteiger partial charge in [0.2, 0.25) is 11.6 Å². The molecule has 3 nitrogen and oxygen atoms in total. The summed E-state index contributed by atoms with van der Waals surface area (Å²) in [5, 5.41) is 0. The van der Waals surface area contributed by atoms with Crippen molar-refractivity contribution in [2.45, 2.75) is 0 Å². The molecule has 0 bridgehead atoms. The van der Waals surface area contributed by atoms with Gasteiger partial charge in [-0.1, -0.05) is 91.0 Å². The molecular weight excluding hydrogens is 324 g/mol. The van der Waals surface area contributed by atoms with Crippen molar-refractivity contribution in [3.8, 4) is 0 Å². The van der Waals surface area contributed by atoms with Gasteiger partial charge < -0.3 is 0 Å². The molecule has 1 aliphatic rings. The third-order valence-corrected chi connectivity index (χ3v) is 3.92. The number of carbonyl (C=O) groups excluding carboxylic acids is 3. The lowest BCUT2D eigenvalue weighted by atomic mass is 9.96. The van der Waals surface area contributed by atoms with Crippen molar-refractivity contribution >= 4 is 23.4 Å². The standard InChI is InChI=1S/C13H10O.C10H6O2/c14-13(11-7-3-1-4-8-11)12-9-5-2-6-10-12;11-9-6-5-7-3-1-2-4-8(7)10(9)12/h1-10H;1-6H. The number of ketones is 3. The Hall–Kier alpha value is -3.59. The second-order valence-corrected chi connectivity index (χ2v) is 5.68. The third-order valence-electron chi connectivity index (χ3n) is 3.92. The summed E-state index contributed by atoms with van der Waals surface area (Å²) in [7, 11) is 0. The number of benzene rings is 3. The molecule has 4 rings (SSSR count). The molecule has 1 aliphatic carbocycles. The van der Waals surface area contributed by atoms with Gasteiger partial charge in [-0.15, -0.1) is 0 Å². The fourth-order valence-corrected chi connectivity index (χ4v) is 2.57. The number of rotatable bonds is 2. The molecule has 3 heteroatoms. The first-order valence-corrected chi connectivity index (χ1v) is 8.17. The second-order valence-electron chi connectivity index (χ2n) is 5.68. The lowest BCUT2D eigenvalue weighted by Crippen LogP contribution is -2.15. The molecule has 26 heavy (non-hydrogen) atoms. The van der Waals surface area contributed by atoms with Gasteiger partial charge in [-0.2, -0.15) is 0 Å². The van der Waals surface area contributed by atoms with E-state index in [0.29, 0.717) is 5.56 Å². The number of fused-ring (bicyclic) bond motifs is 1. The molecule has 0 amide bonds. The number of hydrogen-bond donors (Lipinski definition) is 0. The van der Waals surface area contributed by atoms with Gasteiger partial charge in [0.15, 0.2) is 5.78 Å². The molecule has 0 saturated carbocycles. The maximum Gasteiger partial charge on any atom is 0.233 e. The first-order valence-electron chi connectivity index (χ1n) is 8.17. The van der Waals surface area contributed by atoms with Gasteiger partial charge in [0.25, 0.3) is 0 Å². The lowest BCUT2D eigenvalue weighted by molar-refractivity contribution is -0.110. The van der Waals surface area contributed by atoms with Crippen LogP contribution in [0.2, 0.25) is 0 Å². The first kappa shape index (κ1) is 17.2. The smallest absolute Gasteiger partial charge is 0.233 e. The Labute approximate surface area is 151 Å². The van der Waals surface area contributed by atoms with Crippen LogP contribution in [0.5, 0.6) is 0 Å². The molecule has 0 atom stereocenters. The van der Waals surface area contributed by atoms with Crippen LogP contribution in [0.25, 0.3) is 6.08 Å². The highest BCUT2D eigenvalue weighted by Gasteiger charge is 2.19. The Balaban J connectivity index is 0.000000152. The van der Waals surface area contributed by atoms with Crippen molar-refractivity contribution in [3.05, 3.63) is 113 Å². The predicted octanol–water partition coefficient (Wildman–Crippen LogP) is 4.38. The van der Waals surface area contributed by atoms with Crippen molar-refractivity contribution in [2.24, 2.45) is 0 Å². The minimum Gasteiger partial charge on any atom is -0.289 e. The molecule has 0 N–H and O–H groups in total. The Morgan fingerprint density at radius 2 is 1.08 bits per heavy atom. The van der Waals surface area contributed by atoms with E-state index in [1.54, 1.807) is 18.2 Å². The summed E-state index contributed by atoms with van der Waals surface area (Å²) < 4.78 is 0. The van der Waals surface area contributed by atoms with E-state index in [-0.39, 0.29) is 5.78 Å². The Kier molecular flexibility index (Phi) is 5.30. The van der Waals surface area contributed by atoms with Crippen LogP contribution in [-0.4, -0.2) is 17.3 Å². The van der Waals surface area contributed by atoms with E-state index in [4.69, 9.17) is 0 Å². The fraction of sp³-hybridized carbons (Fsp3) is 0. The molecule has 0 radical (unpaired) electrons. The summed E-state index contributed by atoms with van der Waals surface area (Å²) in [6.45, 7) is 0. The predicted molar refractivity (Wildman–Crippen MR) is 101 cm³/mol. The maximum atomic E-state index is 11.8. The van der Waals surface area contributed by atoms with Gasteiger partial charge in [-0.3, -0.25) is 14.4 Å². The number of hydrogen-bond acceptors (Lipinski definition) is 3. The molecule has 126 valence electrons. The van der Waals surface area contributed by atoms with Gasteiger partial charge in [0.05, 0.1) is 0 Å². The lowest BCUT2D eigenvalue weighted by Gasteiger charge is -2.06. The molecule has 0 spiro atoms. The number of Topliss-reactive ketones (excluding diaryl/α,β-unsaturated/α-hetero) is 1. The van der Waals surface area contributed by atoms with E-state index < -0.39 is 11.6 Å². The zero-order chi connectivity index (χ0) is 18.4. The maximum absolute atomic E-state index is 11.8. The third kappa shape index (κ3) is 3.90. The van der Waals surface area contributed by atoms with Crippen molar-refractivity contribution in [1.82, 2.24) is 0 Å². The molecule has 0 heterocycles. The topological polar surface area (TPSA) is 51.2 Å². The number of allylic oxidation sites excluding steroid dienone is 1. The van der Waals surface area contributed by atoms with Crippen molar-refractivity contribution in [1.29, 1.82) is 0 Å². The van der Waals surface area contributed by atoms with Gasteiger partial charge in [0, 0.05) is 16.7 Å². The van der Waals surface area contributed by atoms with E-state index in [2.05, 4.69) is 0 Å². The van der Waals surface area contributed by atoms with Crippen LogP contribution in [0.3, 0.4) is 0 Å². The van der Waals surface area contributed by atoms with E-state index in [9.17, 15) is 14.4 Å². The first-order chi connectivity index (χ1) is 12.7. The molecule has 0 unspecified atom stereocenters. The molecule has 3 aromatic carbocycles. The largest absolute Gasteiger partial charge is 0.289 e. The second kappa shape index (κ2) is 7.99. The SMILES string of the molecule is O=C(c1ccccc1)c1ccccc1.O=C1C=Cc2ccccc2C1=O. The average Bonchev–Trinajstić information content (AvgIpc) is 2.72. The monoisotopic (exact) mass is 340 g/mol. The Morgan fingerprint density at radius 3 is 1.65 bits per heavy atom. The van der Waals surface area contributed by atoms with Crippen LogP contribution in [0, 0.1) is 0 Å². The van der Waals surface area contributed by atoms with Gasteiger partial charge in [-0.05, 0) is 11.6 Å². The van der Waals surface area contributed by atoms with Crippen LogP contribution in [-0.2, 0) is 4.79 Å². The van der Waals surface area contributed by atoms with Crippen LogP contribution in [0.1, 0.15) is 31.8 Å². The highest BCUT2D eigenvalue weighted by molar-refractivity contribution is 6.49. The van der Waals surface area contributed by atoms with Crippen molar-refractivity contribution in [3.63, 3.8) is 0 Å². The Morgan fingerprint density at radius 1 is 0.577 bits per heavy atom. The average molecular weight is 340 g/mol. The van der Waals surface area contributed by atoms with Gasteiger partial charge in [0.1, 0.15) is 0 Å². The Bertz CT molecular complexity index is 929.